The molecule has 1 fully saturated rings. The molecule has 1 aromatic rings. The molecule has 0 aromatic carbocycles. The van der Waals surface area contributed by atoms with Crippen molar-refractivity contribution in [3.05, 3.63) is 0 Å². The van der Waals surface area contributed by atoms with Crippen LogP contribution < -0.4 is 5.32 Å². The first kappa shape index (κ1) is 15.6. The highest BCUT2D eigenvalue weighted by atomic mass is 32.2. The summed E-state index contributed by atoms with van der Waals surface area (Å²) in [5.74, 6) is 1.29. The molecule has 1 aliphatic rings. The number of nitrogens with zero attached hydrogens (tertiary/aromatic N) is 3. The van der Waals surface area contributed by atoms with Gasteiger partial charge in [0, 0.05) is 5.75 Å². The molecule has 9 heteroatoms. The summed E-state index contributed by atoms with van der Waals surface area (Å²) in [7, 11) is 0. The Labute approximate surface area is 130 Å². The molecule has 2 amide bonds. The zero-order chi connectivity index (χ0) is 14.8. The zero-order valence-corrected chi connectivity index (χ0v) is 13.9. The normalized spacial score (nSPS) is 20.9. The predicted molar refractivity (Wildman–Crippen MR) is 83.2 cm³/mol. The van der Waals surface area contributed by atoms with Crippen LogP contribution in [0.15, 0.2) is 4.34 Å². The van der Waals surface area contributed by atoms with E-state index in [1.807, 2.05) is 20.8 Å². The van der Waals surface area contributed by atoms with Crippen molar-refractivity contribution in [3.8, 4) is 0 Å². The van der Waals surface area contributed by atoms with Gasteiger partial charge in [0.15, 0.2) is 4.34 Å². The first-order valence-electron chi connectivity index (χ1n) is 6.12. The topological polar surface area (TPSA) is 75.2 Å². The van der Waals surface area contributed by atoms with Gasteiger partial charge in [0.25, 0.3) is 0 Å². The van der Waals surface area contributed by atoms with E-state index in [0.717, 1.165) is 16.5 Å². The van der Waals surface area contributed by atoms with E-state index in [2.05, 4.69) is 15.5 Å². The summed E-state index contributed by atoms with van der Waals surface area (Å²) in [6, 6.07) is -0.460. The standard InChI is InChI=1S/C11H16N4O2S3/c1-4-18-10-14-13-9(20-10)12-8(17)7-5-19-11(2,3)15(7)6-16/h6-7H,4-5H2,1-3H3,(H,12,13,17). The number of aromatic nitrogens is 2. The number of carbonyl (C=O) groups excluding carboxylic acids is 2. The Balaban J connectivity index is 2.02. The van der Waals surface area contributed by atoms with Gasteiger partial charge in [-0.05, 0) is 19.6 Å². The lowest BCUT2D eigenvalue weighted by molar-refractivity contribution is -0.130. The second-order valence-electron chi connectivity index (χ2n) is 4.58. The molecule has 6 nitrogen and oxygen atoms in total. The van der Waals surface area contributed by atoms with Gasteiger partial charge in [-0.15, -0.1) is 22.0 Å². The number of anilines is 1. The van der Waals surface area contributed by atoms with E-state index in [4.69, 9.17) is 0 Å². The average Bonchev–Trinajstić information content (AvgIpc) is 2.93. The van der Waals surface area contributed by atoms with E-state index in [1.54, 1.807) is 28.4 Å². The minimum atomic E-state index is -0.460. The number of carbonyl (C=O) groups is 2. The van der Waals surface area contributed by atoms with Crippen molar-refractivity contribution in [3.63, 3.8) is 0 Å². The van der Waals surface area contributed by atoms with Gasteiger partial charge in [0.05, 0.1) is 4.87 Å². The van der Waals surface area contributed by atoms with E-state index in [9.17, 15) is 9.59 Å². The second-order valence-corrected chi connectivity index (χ2v) is 8.69. The molecule has 110 valence electrons. The average molecular weight is 332 g/mol. The first-order valence-corrected chi connectivity index (χ1v) is 8.91. The summed E-state index contributed by atoms with van der Waals surface area (Å²) in [5.41, 5.74) is 0. The molecular formula is C11H16N4O2S3. The van der Waals surface area contributed by atoms with Crippen molar-refractivity contribution in [1.82, 2.24) is 15.1 Å². The van der Waals surface area contributed by atoms with E-state index in [0.29, 0.717) is 10.9 Å². The summed E-state index contributed by atoms with van der Waals surface area (Å²) >= 11 is 4.52. The molecular weight excluding hydrogens is 316 g/mol. The third-order valence-corrected chi connectivity index (χ3v) is 6.13. The van der Waals surface area contributed by atoms with Crippen molar-refractivity contribution in [2.75, 3.05) is 16.8 Å². The summed E-state index contributed by atoms with van der Waals surface area (Å²) in [4.78, 5) is 24.6. The van der Waals surface area contributed by atoms with E-state index in [1.165, 1.54) is 11.3 Å². The van der Waals surface area contributed by atoms with Gasteiger partial charge in [-0.1, -0.05) is 30.0 Å². The van der Waals surface area contributed by atoms with Crippen LogP contribution in [0, 0.1) is 0 Å². The molecule has 0 spiro atoms. The minimum Gasteiger partial charge on any atom is -0.318 e. The van der Waals surface area contributed by atoms with Gasteiger partial charge >= 0.3 is 0 Å². The van der Waals surface area contributed by atoms with Crippen LogP contribution in [0.4, 0.5) is 5.13 Å². The van der Waals surface area contributed by atoms with Crippen LogP contribution >= 0.6 is 34.9 Å². The molecule has 2 heterocycles. The maximum atomic E-state index is 12.2. The largest absolute Gasteiger partial charge is 0.318 e. The molecule has 1 aliphatic heterocycles. The molecule has 0 bridgehead atoms. The molecule has 0 aliphatic carbocycles. The lowest BCUT2D eigenvalue weighted by Gasteiger charge is -2.29. The molecule has 1 atom stereocenters. The fourth-order valence-electron chi connectivity index (χ4n) is 1.85. The van der Waals surface area contributed by atoms with Crippen molar-refractivity contribution >= 4 is 52.3 Å². The third kappa shape index (κ3) is 3.26. The first-order chi connectivity index (χ1) is 9.47. The Kier molecular flexibility index (Phi) is 4.92. The molecule has 1 unspecified atom stereocenters. The Bertz CT molecular complexity index is 506. The van der Waals surface area contributed by atoms with Gasteiger partial charge in [0.1, 0.15) is 6.04 Å². The van der Waals surface area contributed by atoms with Gasteiger partial charge in [-0.3, -0.25) is 14.9 Å². The molecule has 0 radical (unpaired) electrons. The van der Waals surface area contributed by atoms with E-state index < -0.39 is 6.04 Å². The number of amides is 2. The van der Waals surface area contributed by atoms with E-state index >= 15 is 0 Å². The number of nitrogens with one attached hydrogen (secondary N) is 1. The molecule has 1 N–H and O–H groups in total. The van der Waals surface area contributed by atoms with Gasteiger partial charge in [0.2, 0.25) is 17.4 Å². The monoisotopic (exact) mass is 332 g/mol. The Morgan fingerprint density at radius 3 is 3.00 bits per heavy atom. The zero-order valence-electron chi connectivity index (χ0n) is 11.5. The number of rotatable bonds is 5. The highest BCUT2D eigenvalue weighted by Crippen LogP contribution is 2.38. The summed E-state index contributed by atoms with van der Waals surface area (Å²) in [5, 5.41) is 11.1. The predicted octanol–water partition coefficient (Wildman–Crippen LogP) is 1.90. The fourth-order valence-corrected chi connectivity index (χ4v) is 4.70. The van der Waals surface area contributed by atoms with Crippen LogP contribution in [0.2, 0.25) is 0 Å². The van der Waals surface area contributed by atoms with Gasteiger partial charge in [-0.25, -0.2) is 0 Å². The quantitative estimate of drug-likeness (QED) is 0.504. The van der Waals surface area contributed by atoms with Crippen LogP contribution in [-0.4, -0.2) is 49.8 Å². The maximum Gasteiger partial charge on any atom is 0.249 e. The highest BCUT2D eigenvalue weighted by molar-refractivity contribution is 8.01. The van der Waals surface area contributed by atoms with Crippen LogP contribution in [0.25, 0.3) is 0 Å². The van der Waals surface area contributed by atoms with Gasteiger partial charge < -0.3 is 4.90 Å². The molecule has 1 saturated heterocycles. The summed E-state index contributed by atoms with van der Waals surface area (Å²) in [6.45, 7) is 5.89. The summed E-state index contributed by atoms with van der Waals surface area (Å²) < 4.78 is 0.830. The van der Waals surface area contributed by atoms with Crippen molar-refractivity contribution in [2.24, 2.45) is 0 Å². The minimum absolute atomic E-state index is 0.209. The van der Waals surface area contributed by atoms with Crippen molar-refractivity contribution in [2.45, 2.75) is 36.0 Å². The smallest absolute Gasteiger partial charge is 0.249 e. The van der Waals surface area contributed by atoms with Crippen LogP contribution in [-0.2, 0) is 9.59 Å². The summed E-state index contributed by atoms with van der Waals surface area (Å²) in [6.07, 6.45) is 0.739. The van der Waals surface area contributed by atoms with Crippen LogP contribution in [0.1, 0.15) is 20.8 Å². The lowest BCUT2D eigenvalue weighted by atomic mass is 10.2. The molecule has 20 heavy (non-hydrogen) atoms. The Morgan fingerprint density at radius 2 is 2.35 bits per heavy atom. The third-order valence-electron chi connectivity index (χ3n) is 2.87. The number of hydrogen-bond acceptors (Lipinski definition) is 7. The molecule has 0 saturated carbocycles. The number of hydrogen-bond donors (Lipinski definition) is 1. The van der Waals surface area contributed by atoms with E-state index in [-0.39, 0.29) is 10.8 Å². The lowest BCUT2D eigenvalue weighted by Crippen LogP contribution is -2.47. The fraction of sp³-hybridized carbons (Fsp3) is 0.636. The van der Waals surface area contributed by atoms with Gasteiger partial charge in [-0.2, -0.15) is 0 Å². The van der Waals surface area contributed by atoms with Crippen LogP contribution in [0.3, 0.4) is 0 Å². The SMILES string of the molecule is CCSc1nnc(NC(=O)C2CSC(C)(C)N2C=O)s1. The molecule has 2 rings (SSSR count). The maximum absolute atomic E-state index is 12.2. The number of thioether (sulfide) groups is 2. The van der Waals surface area contributed by atoms with Crippen molar-refractivity contribution in [1.29, 1.82) is 0 Å². The Morgan fingerprint density at radius 1 is 1.60 bits per heavy atom. The van der Waals surface area contributed by atoms with Crippen LogP contribution in [0.5, 0.6) is 0 Å². The van der Waals surface area contributed by atoms with Crippen molar-refractivity contribution < 1.29 is 9.59 Å². The second kappa shape index (κ2) is 6.31. The Hall–Kier alpha value is -0.800. The highest BCUT2D eigenvalue weighted by Gasteiger charge is 2.43. The molecule has 1 aromatic heterocycles.